The summed E-state index contributed by atoms with van der Waals surface area (Å²) in [4.78, 5) is 17.1. The molecule has 0 bridgehead atoms. The van der Waals surface area contributed by atoms with Crippen LogP contribution >= 0.6 is 7.82 Å². The third-order valence-electron chi connectivity index (χ3n) is 3.97. The summed E-state index contributed by atoms with van der Waals surface area (Å²) in [5.41, 5.74) is 0. The van der Waals surface area contributed by atoms with Gasteiger partial charge in [-0.2, -0.15) is 0 Å². The average molecular weight is 414 g/mol. The summed E-state index contributed by atoms with van der Waals surface area (Å²) in [6, 6.07) is 0. The van der Waals surface area contributed by atoms with E-state index in [4.69, 9.17) is 9.79 Å². The summed E-state index contributed by atoms with van der Waals surface area (Å²) >= 11 is 0. The van der Waals surface area contributed by atoms with E-state index in [0.29, 0.717) is 6.54 Å². The Balaban J connectivity index is 3.36. The van der Waals surface area contributed by atoms with Crippen LogP contribution in [0.3, 0.4) is 0 Å². The predicted octanol–water partition coefficient (Wildman–Crippen LogP) is 5.83. The van der Waals surface area contributed by atoms with Crippen LogP contribution in [0, 0.1) is 0 Å². The molecular weight excluding hydrogens is 373 g/mol. The van der Waals surface area contributed by atoms with Crippen LogP contribution in [0.5, 0.6) is 0 Å². The van der Waals surface area contributed by atoms with Gasteiger partial charge in [-0.15, -0.1) is 0 Å². The second-order valence-electron chi connectivity index (χ2n) is 6.66. The van der Waals surface area contributed by atoms with Crippen molar-refractivity contribution in [3.8, 4) is 0 Å². The van der Waals surface area contributed by atoms with Gasteiger partial charge in [0.1, 0.15) is 0 Å². The molecule has 162 valence electrons. The molecule has 0 aromatic rings. The van der Waals surface area contributed by atoms with E-state index in [1.807, 2.05) is 0 Å². The molecule has 0 saturated carbocycles. The molecule has 0 atom stereocenters. The fourth-order valence-electron chi connectivity index (χ4n) is 2.43. The van der Waals surface area contributed by atoms with Gasteiger partial charge < -0.3 is 15.1 Å². The summed E-state index contributed by atoms with van der Waals surface area (Å²) in [5, 5.41) is 3.10. The summed E-state index contributed by atoms with van der Waals surface area (Å²) < 4.78 is 14.8. The fraction of sp³-hybridized carbons (Fsp3) is 0.636. The van der Waals surface area contributed by atoms with Crippen molar-refractivity contribution in [2.45, 2.75) is 71.1 Å². The first-order chi connectivity index (χ1) is 13.6. The number of unbranched alkanes of at least 4 members (excludes halogenated alkanes) is 5. The lowest BCUT2D eigenvalue weighted by Gasteiger charge is -2.06. The van der Waals surface area contributed by atoms with Crippen molar-refractivity contribution in [2.24, 2.45) is 0 Å². The van der Waals surface area contributed by atoms with Gasteiger partial charge in [0, 0.05) is 6.54 Å². The predicted molar refractivity (Wildman–Crippen MR) is 119 cm³/mol. The summed E-state index contributed by atoms with van der Waals surface area (Å²) in [7, 11) is -4.32. The SMILES string of the molecule is CCCCC/C=C\C/C=C\C/C=C\C/C=C\CCCCNCCOP(=O)(O)O. The zero-order valence-corrected chi connectivity index (χ0v) is 18.4. The standard InChI is InChI=1S/C22H40NO4P/c1-2-3-4-5-6-7-8-9-10-11-12-13-14-15-16-17-18-19-20-23-21-22-27-28(24,25)26/h6-7,9-10,12-13,15-16,23H,2-5,8,11,14,17-22H2,1H3,(H2,24,25,26)/b7-6-,10-9-,13-12-,16-15-. The van der Waals surface area contributed by atoms with Crippen molar-refractivity contribution in [2.75, 3.05) is 19.7 Å². The van der Waals surface area contributed by atoms with E-state index < -0.39 is 7.82 Å². The number of phosphoric acid groups is 1. The van der Waals surface area contributed by atoms with Crippen molar-refractivity contribution < 1.29 is 18.9 Å². The van der Waals surface area contributed by atoms with Crippen molar-refractivity contribution in [3.63, 3.8) is 0 Å². The summed E-state index contributed by atoms with van der Waals surface area (Å²) in [5.74, 6) is 0. The highest BCUT2D eigenvalue weighted by molar-refractivity contribution is 7.46. The van der Waals surface area contributed by atoms with Gasteiger partial charge in [-0.05, 0) is 57.9 Å². The van der Waals surface area contributed by atoms with Gasteiger partial charge in [0.15, 0.2) is 0 Å². The van der Waals surface area contributed by atoms with E-state index >= 15 is 0 Å². The Bertz CT molecular complexity index is 495. The van der Waals surface area contributed by atoms with Crippen molar-refractivity contribution in [1.82, 2.24) is 5.32 Å². The Kier molecular flexibility index (Phi) is 20.0. The van der Waals surface area contributed by atoms with Crippen molar-refractivity contribution >= 4 is 7.82 Å². The minimum absolute atomic E-state index is 0.0292. The second-order valence-corrected chi connectivity index (χ2v) is 7.90. The zero-order chi connectivity index (χ0) is 20.8. The molecule has 0 rings (SSSR count). The zero-order valence-electron chi connectivity index (χ0n) is 17.5. The van der Waals surface area contributed by atoms with Gasteiger partial charge in [-0.1, -0.05) is 68.4 Å². The molecule has 0 aromatic carbocycles. The highest BCUT2D eigenvalue weighted by Gasteiger charge is 2.11. The molecule has 0 fully saturated rings. The maximum atomic E-state index is 10.5. The lowest BCUT2D eigenvalue weighted by atomic mass is 10.2. The Morgan fingerprint density at radius 3 is 1.75 bits per heavy atom. The maximum absolute atomic E-state index is 10.5. The average Bonchev–Trinajstić information content (AvgIpc) is 2.65. The molecule has 0 radical (unpaired) electrons. The van der Waals surface area contributed by atoms with Crippen LogP contribution in [-0.4, -0.2) is 29.5 Å². The number of phosphoric ester groups is 1. The van der Waals surface area contributed by atoms with E-state index in [1.165, 1.54) is 25.7 Å². The molecular formula is C22H40NO4P. The van der Waals surface area contributed by atoms with Crippen LogP contribution < -0.4 is 5.32 Å². The highest BCUT2D eigenvalue weighted by atomic mass is 31.2. The Labute approximate surface area is 171 Å². The smallest absolute Gasteiger partial charge is 0.314 e. The number of hydrogen-bond acceptors (Lipinski definition) is 3. The summed E-state index contributed by atoms with van der Waals surface area (Å²) in [6.07, 6.45) is 29.1. The second kappa shape index (κ2) is 20.8. The molecule has 0 spiro atoms. The molecule has 28 heavy (non-hydrogen) atoms. The van der Waals surface area contributed by atoms with Crippen LogP contribution in [0.1, 0.15) is 71.1 Å². The van der Waals surface area contributed by atoms with E-state index in [1.54, 1.807) is 0 Å². The van der Waals surface area contributed by atoms with Crippen molar-refractivity contribution in [1.29, 1.82) is 0 Å². The third-order valence-corrected chi connectivity index (χ3v) is 4.49. The molecule has 5 nitrogen and oxygen atoms in total. The lowest BCUT2D eigenvalue weighted by Crippen LogP contribution is -2.20. The molecule has 0 aliphatic heterocycles. The minimum Gasteiger partial charge on any atom is -0.314 e. The maximum Gasteiger partial charge on any atom is 0.469 e. The van der Waals surface area contributed by atoms with Crippen molar-refractivity contribution in [3.05, 3.63) is 48.6 Å². The third kappa shape index (κ3) is 25.0. The number of allylic oxidation sites excluding steroid dienone is 8. The molecule has 0 amide bonds. The molecule has 0 heterocycles. The largest absolute Gasteiger partial charge is 0.469 e. The van der Waals surface area contributed by atoms with E-state index in [-0.39, 0.29) is 6.61 Å². The summed E-state index contributed by atoms with van der Waals surface area (Å²) in [6.45, 7) is 3.55. The van der Waals surface area contributed by atoms with Crippen LogP contribution in [0.4, 0.5) is 0 Å². The van der Waals surface area contributed by atoms with Gasteiger partial charge >= 0.3 is 7.82 Å². The first-order valence-electron chi connectivity index (χ1n) is 10.6. The first kappa shape index (κ1) is 27.0. The minimum atomic E-state index is -4.32. The Morgan fingerprint density at radius 1 is 0.750 bits per heavy atom. The van der Waals surface area contributed by atoms with Crippen LogP contribution in [0.2, 0.25) is 0 Å². The molecule has 0 unspecified atom stereocenters. The van der Waals surface area contributed by atoms with Gasteiger partial charge in [-0.25, -0.2) is 4.57 Å². The number of hydrogen-bond donors (Lipinski definition) is 3. The lowest BCUT2D eigenvalue weighted by molar-refractivity contribution is 0.197. The highest BCUT2D eigenvalue weighted by Crippen LogP contribution is 2.35. The van der Waals surface area contributed by atoms with Gasteiger partial charge in [0.05, 0.1) is 6.61 Å². The quantitative estimate of drug-likeness (QED) is 0.141. The fourth-order valence-corrected chi connectivity index (χ4v) is 2.76. The molecule has 0 aliphatic rings. The van der Waals surface area contributed by atoms with E-state index in [0.717, 1.165) is 45.1 Å². The van der Waals surface area contributed by atoms with E-state index in [2.05, 4.69) is 65.4 Å². The number of nitrogens with one attached hydrogen (secondary N) is 1. The topological polar surface area (TPSA) is 78.8 Å². The molecule has 3 N–H and O–H groups in total. The van der Waals surface area contributed by atoms with E-state index in [9.17, 15) is 4.57 Å². The van der Waals surface area contributed by atoms with Crippen LogP contribution in [0.15, 0.2) is 48.6 Å². The molecule has 0 aliphatic carbocycles. The Hall–Kier alpha value is -0.970. The number of rotatable bonds is 19. The first-order valence-corrected chi connectivity index (χ1v) is 12.1. The van der Waals surface area contributed by atoms with Gasteiger partial charge in [0.25, 0.3) is 0 Å². The Morgan fingerprint density at radius 2 is 1.25 bits per heavy atom. The molecule has 6 heteroatoms. The van der Waals surface area contributed by atoms with Gasteiger partial charge in [-0.3, -0.25) is 4.52 Å². The van der Waals surface area contributed by atoms with Crippen LogP contribution in [0.25, 0.3) is 0 Å². The van der Waals surface area contributed by atoms with Gasteiger partial charge in [0.2, 0.25) is 0 Å². The normalized spacial score (nSPS) is 13.1. The van der Waals surface area contributed by atoms with Crippen LogP contribution in [-0.2, 0) is 9.09 Å². The monoisotopic (exact) mass is 413 g/mol. The molecule has 0 aromatic heterocycles. The molecule has 0 saturated heterocycles.